The minimum absolute atomic E-state index is 0.0122. The Kier molecular flexibility index (Phi) is 14.7. The third-order valence-electron chi connectivity index (χ3n) is 6.83. The van der Waals surface area contributed by atoms with Gasteiger partial charge in [0.05, 0.1) is 6.61 Å². The SMILES string of the molecule is CCOC(=O)C(C(C)C)N(CC(=O)OC(C)(C)C)C(=O)C(Cc1ccccc1)NC(=O)C(NC(=O)OCc1ccccc1)C(C)C. The lowest BCUT2D eigenvalue weighted by atomic mass is 9.98. The van der Waals surface area contributed by atoms with Crippen molar-refractivity contribution in [2.24, 2.45) is 11.8 Å². The molecule has 2 N–H and O–H groups in total. The summed E-state index contributed by atoms with van der Waals surface area (Å²) in [6.07, 6.45) is -0.745. The summed E-state index contributed by atoms with van der Waals surface area (Å²) in [6, 6.07) is 14.7. The monoisotopic (exact) mass is 639 g/mol. The Morgan fingerprint density at radius 2 is 1.35 bits per heavy atom. The molecular weight excluding hydrogens is 590 g/mol. The number of hydrogen-bond acceptors (Lipinski definition) is 8. The van der Waals surface area contributed by atoms with Crippen molar-refractivity contribution < 1.29 is 38.2 Å². The Bertz CT molecular complexity index is 1290. The van der Waals surface area contributed by atoms with E-state index in [1.807, 2.05) is 36.4 Å². The van der Waals surface area contributed by atoms with Crippen LogP contribution in [-0.2, 0) is 46.4 Å². The molecule has 11 nitrogen and oxygen atoms in total. The van der Waals surface area contributed by atoms with Crippen LogP contribution in [0.1, 0.15) is 66.5 Å². The van der Waals surface area contributed by atoms with Crippen molar-refractivity contribution >= 4 is 29.8 Å². The van der Waals surface area contributed by atoms with Gasteiger partial charge in [0.1, 0.15) is 36.9 Å². The summed E-state index contributed by atoms with van der Waals surface area (Å²) in [5, 5.41) is 5.40. The Hall–Kier alpha value is -4.41. The number of benzene rings is 2. The number of carbonyl (C=O) groups excluding carboxylic acids is 5. The van der Waals surface area contributed by atoms with Crippen molar-refractivity contribution in [1.29, 1.82) is 0 Å². The first kappa shape index (κ1) is 37.8. The van der Waals surface area contributed by atoms with Gasteiger partial charge in [-0.3, -0.25) is 14.4 Å². The molecule has 3 atom stereocenters. The minimum Gasteiger partial charge on any atom is -0.464 e. The van der Waals surface area contributed by atoms with Crippen molar-refractivity contribution in [3.05, 3.63) is 71.8 Å². The van der Waals surface area contributed by atoms with Crippen LogP contribution in [0.25, 0.3) is 0 Å². The smallest absolute Gasteiger partial charge is 0.408 e. The summed E-state index contributed by atoms with van der Waals surface area (Å²) in [5.74, 6) is -3.52. The van der Waals surface area contributed by atoms with Crippen LogP contribution in [0.2, 0.25) is 0 Å². The molecule has 0 aromatic heterocycles. The lowest BCUT2D eigenvalue weighted by molar-refractivity contribution is -0.166. The Morgan fingerprint density at radius 1 is 0.783 bits per heavy atom. The highest BCUT2D eigenvalue weighted by Crippen LogP contribution is 2.19. The Morgan fingerprint density at radius 3 is 1.85 bits per heavy atom. The average molecular weight is 640 g/mol. The molecule has 11 heteroatoms. The molecule has 2 rings (SSSR count). The van der Waals surface area contributed by atoms with E-state index >= 15 is 0 Å². The molecule has 2 aromatic rings. The van der Waals surface area contributed by atoms with Gasteiger partial charge in [-0.15, -0.1) is 0 Å². The first-order valence-electron chi connectivity index (χ1n) is 15.6. The normalized spacial score (nSPS) is 13.3. The van der Waals surface area contributed by atoms with Gasteiger partial charge in [0.25, 0.3) is 0 Å². The van der Waals surface area contributed by atoms with Crippen molar-refractivity contribution in [1.82, 2.24) is 15.5 Å². The summed E-state index contributed by atoms with van der Waals surface area (Å²) in [5.41, 5.74) is 0.668. The van der Waals surface area contributed by atoms with Crippen molar-refractivity contribution in [3.63, 3.8) is 0 Å². The topological polar surface area (TPSA) is 140 Å². The summed E-state index contributed by atoms with van der Waals surface area (Å²) in [6.45, 7) is 13.3. The van der Waals surface area contributed by atoms with Crippen LogP contribution in [0, 0.1) is 11.8 Å². The van der Waals surface area contributed by atoms with Crippen molar-refractivity contribution in [3.8, 4) is 0 Å². The highest BCUT2D eigenvalue weighted by molar-refractivity contribution is 5.95. The van der Waals surface area contributed by atoms with Crippen LogP contribution in [0.15, 0.2) is 60.7 Å². The molecule has 2 aromatic carbocycles. The van der Waals surface area contributed by atoms with E-state index in [2.05, 4.69) is 10.6 Å². The van der Waals surface area contributed by atoms with Crippen LogP contribution in [-0.4, -0.2) is 71.6 Å². The molecule has 0 saturated heterocycles. The number of rotatable bonds is 15. The summed E-state index contributed by atoms with van der Waals surface area (Å²) in [7, 11) is 0. The van der Waals surface area contributed by atoms with Gasteiger partial charge in [-0.2, -0.15) is 0 Å². The number of amides is 3. The van der Waals surface area contributed by atoms with Crippen LogP contribution in [0.5, 0.6) is 0 Å². The Balaban J connectivity index is 2.42. The van der Waals surface area contributed by atoms with Crippen LogP contribution in [0.3, 0.4) is 0 Å². The van der Waals surface area contributed by atoms with E-state index < -0.39 is 66.0 Å². The zero-order valence-corrected chi connectivity index (χ0v) is 28.2. The second-order valence-electron chi connectivity index (χ2n) is 12.7. The molecule has 0 spiro atoms. The lowest BCUT2D eigenvalue weighted by Crippen LogP contribution is -2.60. The first-order valence-corrected chi connectivity index (χ1v) is 15.6. The third-order valence-corrected chi connectivity index (χ3v) is 6.83. The van der Waals surface area contributed by atoms with Gasteiger partial charge in [-0.05, 0) is 50.7 Å². The van der Waals surface area contributed by atoms with E-state index in [1.165, 1.54) is 0 Å². The van der Waals surface area contributed by atoms with Gasteiger partial charge >= 0.3 is 18.0 Å². The van der Waals surface area contributed by atoms with Crippen molar-refractivity contribution in [2.75, 3.05) is 13.2 Å². The van der Waals surface area contributed by atoms with Gasteiger partial charge in [-0.1, -0.05) is 88.4 Å². The zero-order valence-electron chi connectivity index (χ0n) is 28.2. The van der Waals surface area contributed by atoms with E-state index in [4.69, 9.17) is 14.2 Å². The fraction of sp³-hybridized carbons (Fsp3) is 0.514. The molecule has 0 aliphatic rings. The van der Waals surface area contributed by atoms with Gasteiger partial charge in [0.15, 0.2) is 0 Å². The molecule has 0 aliphatic heterocycles. The highest BCUT2D eigenvalue weighted by Gasteiger charge is 2.40. The molecule has 3 amide bonds. The maximum Gasteiger partial charge on any atom is 0.408 e. The van der Waals surface area contributed by atoms with Crippen LogP contribution in [0.4, 0.5) is 4.79 Å². The largest absolute Gasteiger partial charge is 0.464 e. The minimum atomic E-state index is -1.21. The van der Waals surface area contributed by atoms with Gasteiger partial charge in [0, 0.05) is 6.42 Å². The second kappa shape index (κ2) is 17.9. The quantitative estimate of drug-likeness (QED) is 0.216. The number of esters is 2. The molecule has 0 fully saturated rings. The maximum atomic E-state index is 14.4. The fourth-order valence-electron chi connectivity index (χ4n) is 4.75. The molecule has 0 bridgehead atoms. The fourth-order valence-corrected chi connectivity index (χ4v) is 4.75. The van der Waals surface area contributed by atoms with E-state index in [0.717, 1.165) is 16.0 Å². The van der Waals surface area contributed by atoms with Crippen molar-refractivity contribution in [2.45, 2.75) is 92.1 Å². The number of hydrogen-bond donors (Lipinski definition) is 2. The van der Waals surface area contributed by atoms with E-state index in [1.54, 1.807) is 79.7 Å². The molecule has 3 unspecified atom stereocenters. The summed E-state index contributed by atoms with van der Waals surface area (Å²) in [4.78, 5) is 68.2. The molecule has 46 heavy (non-hydrogen) atoms. The van der Waals surface area contributed by atoms with E-state index in [0.29, 0.717) is 0 Å². The number of carbonyl (C=O) groups is 5. The molecule has 0 radical (unpaired) electrons. The van der Waals surface area contributed by atoms with E-state index in [-0.39, 0.29) is 25.6 Å². The number of alkyl carbamates (subject to hydrolysis) is 1. The molecular formula is C35H49N3O8. The number of ether oxygens (including phenoxy) is 3. The predicted molar refractivity (Wildman–Crippen MR) is 173 cm³/mol. The summed E-state index contributed by atoms with van der Waals surface area (Å²) >= 11 is 0. The molecule has 252 valence electrons. The second-order valence-corrected chi connectivity index (χ2v) is 12.7. The average Bonchev–Trinajstić information content (AvgIpc) is 2.97. The van der Waals surface area contributed by atoms with Gasteiger partial charge in [0.2, 0.25) is 11.8 Å². The van der Waals surface area contributed by atoms with Crippen LogP contribution < -0.4 is 10.6 Å². The molecule has 0 saturated carbocycles. The number of nitrogens with one attached hydrogen (secondary N) is 2. The van der Waals surface area contributed by atoms with Gasteiger partial charge in [-0.25, -0.2) is 9.59 Å². The number of nitrogens with zero attached hydrogens (tertiary/aromatic N) is 1. The summed E-state index contributed by atoms with van der Waals surface area (Å²) < 4.78 is 16.1. The zero-order chi connectivity index (χ0) is 34.4. The van der Waals surface area contributed by atoms with Gasteiger partial charge < -0.3 is 29.7 Å². The first-order chi connectivity index (χ1) is 21.6. The standard InChI is InChI=1S/C35H49N3O8/c1-9-44-33(42)30(24(4)5)38(21-28(39)46-35(6,7)8)32(41)27(20-25-16-12-10-13-17-25)36-31(40)29(23(2)3)37-34(43)45-22-26-18-14-11-15-19-26/h10-19,23-24,27,29-30H,9,20-22H2,1-8H3,(H,36,40)(H,37,43). The third kappa shape index (κ3) is 12.5. The van der Waals surface area contributed by atoms with Crippen LogP contribution >= 0.6 is 0 Å². The lowest BCUT2D eigenvalue weighted by Gasteiger charge is -2.35. The highest BCUT2D eigenvalue weighted by atomic mass is 16.6. The predicted octanol–water partition coefficient (Wildman–Crippen LogP) is 4.42. The van der Waals surface area contributed by atoms with E-state index in [9.17, 15) is 24.0 Å². The Labute approximate surface area is 272 Å². The maximum absolute atomic E-state index is 14.4. The molecule has 0 heterocycles. The molecule has 0 aliphatic carbocycles.